The van der Waals surface area contributed by atoms with E-state index in [4.69, 9.17) is 16.3 Å². The molecular formula is C21H28ClN5O3. The molecule has 0 radical (unpaired) electrons. The summed E-state index contributed by atoms with van der Waals surface area (Å²) in [4.78, 5) is 30.7. The van der Waals surface area contributed by atoms with Gasteiger partial charge in [0.15, 0.2) is 0 Å². The standard InChI is InChI=1S/C21H28ClN5O3/c1-14(28)24-6-2-9-26-12-15(19-17(22)5-7-25-20(19)26)13-27(16-3-4-16)21(29)18-11-23-8-10-30-18/h5,7,12,16,18,23H,2-4,6,8-11,13H2,1H3,(H,24,28)/t18-/m1/s1. The summed E-state index contributed by atoms with van der Waals surface area (Å²) in [5.74, 6) is 0.00324. The molecule has 0 bridgehead atoms. The first-order valence-electron chi connectivity index (χ1n) is 10.5. The van der Waals surface area contributed by atoms with Crippen molar-refractivity contribution in [1.29, 1.82) is 0 Å². The monoisotopic (exact) mass is 433 g/mol. The zero-order valence-corrected chi connectivity index (χ0v) is 18.0. The molecule has 4 rings (SSSR count). The number of nitrogens with one attached hydrogen (secondary N) is 2. The Morgan fingerprint density at radius 3 is 2.97 bits per heavy atom. The van der Waals surface area contributed by atoms with Crippen molar-refractivity contribution in [1.82, 2.24) is 25.1 Å². The molecule has 0 unspecified atom stereocenters. The number of morpholine rings is 1. The minimum absolute atomic E-state index is 0.0350. The molecule has 0 spiro atoms. The first-order chi connectivity index (χ1) is 14.5. The predicted octanol–water partition coefficient (Wildman–Crippen LogP) is 1.70. The second kappa shape index (κ2) is 9.32. The van der Waals surface area contributed by atoms with Crippen LogP contribution in [0, 0.1) is 0 Å². The van der Waals surface area contributed by atoms with E-state index in [1.807, 2.05) is 11.1 Å². The number of rotatable bonds is 8. The lowest BCUT2D eigenvalue weighted by molar-refractivity contribution is -0.146. The van der Waals surface area contributed by atoms with Crippen LogP contribution < -0.4 is 10.6 Å². The van der Waals surface area contributed by atoms with E-state index in [1.54, 1.807) is 12.3 Å². The second-order valence-corrected chi connectivity index (χ2v) is 8.34. The molecule has 2 amide bonds. The molecule has 2 N–H and O–H groups in total. The van der Waals surface area contributed by atoms with Crippen LogP contribution >= 0.6 is 11.6 Å². The van der Waals surface area contributed by atoms with Gasteiger partial charge in [-0.3, -0.25) is 9.59 Å². The number of aryl methyl sites for hydroxylation is 1. The van der Waals surface area contributed by atoms with Crippen molar-refractivity contribution in [2.24, 2.45) is 0 Å². The van der Waals surface area contributed by atoms with Gasteiger partial charge in [0.1, 0.15) is 11.8 Å². The Labute approximate surface area is 180 Å². The van der Waals surface area contributed by atoms with Gasteiger partial charge in [-0.15, -0.1) is 0 Å². The van der Waals surface area contributed by atoms with Gasteiger partial charge in [-0.25, -0.2) is 4.98 Å². The molecular weight excluding hydrogens is 406 g/mol. The number of amides is 2. The lowest BCUT2D eigenvalue weighted by atomic mass is 10.2. The number of ether oxygens (including phenoxy) is 1. The van der Waals surface area contributed by atoms with Crippen molar-refractivity contribution in [3.05, 3.63) is 29.0 Å². The van der Waals surface area contributed by atoms with Crippen LogP contribution in [0.1, 0.15) is 31.7 Å². The number of carbonyl (C=O) groups excluding carboxylic acids is 2. The highest BCUT2D eigenvalue weighted by atomic mass is 35.5. The van der Waals surface area contributed by atoms with E-state index < -0.39 is 6.10 Å². The molecule has 0 aromatic carbocycles. The minimum atomic E-state index is -0.432. The number of hydrogen-bond acceptors (Lipinski definition) is 5. The maximum atomic E-state index is 13.2. The van der Waals surface area contributed by atoms with E-state index in [0.29, 0.717) is 37.8 Å². The van der Waals surface area contributed by atoms with E-state index in [0.717, 1.165) is 42.4 Å². The van der Waals surface area contributed by atoms with Crippen LogP contribution in [0.2, 0.25) is 5.02 Å². The van der Waals surface area contributed by atoms with Crippen molar-refractivity contribution in [2.45, 2.75) is 51.4 Å². The number of fused-ring (bicyclic) bond motifs is 1. The predicted molar refractivity (Wildman–Crippen MR) is 114 cm³/mol. The molecule has 2 fully saturated rings. The summed E-state index contributed by atoms with van der Waals surface area (Å²) < 4.78 is 7.77. The highest BCUT2D eigenvalue weighted by molar-refractivity contribution is 6.35. The van der Waals surface area contributed by atoms with E-state index in [9.17, 15) is 9.59 Å². The molecule has 1 saturated heterocycles. The largest absolute Gasteiger partial charge is 0.366 e. The normalized spacial score (nSPS) is 19.1. The lowest BCUT2D eigenvalue weighted by Gasteiger charge is -2.30. The number of carbonyl (C=O) groups is 2. The Kier molecular flexibility index (Phi) is 6.55. The molecule has 2 aliphatic rings. The summed E-state index contributed by atoms with van der Waals surface area (Å²) in [6, 6.07) is 2.04. The van der Waals surface area contributed by atoms with E-state index in [2.05, 4.69) is 20.2 Å². The first kappa shape index (κ1) is 21.1. The van der Waals surface area contributed by atoms with Crippen LogP contribution in [0.15, 0.2) is 18.5 Å². The van der Waals surface area contributed by atoms with Gasteiger partial charge >= 0.3 is 0 Å². The van der Waals surface area contributed by atoms with Crippen molar-refractivity contribution in [3.8, 4) is 0 Å². The molecule has 2 aromatic rings. The van der Waals surface area contributed by atoms with Gasteiger partial charge in [-0.05, 0) is 25.3 Å². The summed E-state index contributed by atoms with van der Waals surface area (Å²) in [7, 11) is 0. The number of halogens is 1. The third-order valence-corrected chi connectivity index (χ3v) is 5.86. The maximum absolute atomic E-state index is 13.2. The topological polar surface area (TPSA) is 88.5 Å². The Morgan fingerprint density at radius 2 is 2.27 bits per heavy atom. The molecule has 8 nitrogen and oxygen atoms in total. The summed E-state index contributed by atoms with van der Waals surface area (Å²) >= 11 is 6.54. The fourth-order valence-corrected chi connectivity index (χ4v) is 4.19. The smallest absolute Gasteiger partial charge is 0.253 e. The summed E-state index contributed by atoms with van der Waals surface area (Å²) in [5.41, 5.74) is 1.80. The van der Waals surface area contributed by atoms with Crippen molar-refractivity contribution >= 4 is 34.4 Å². The van der Waals surface area contributed by atoms with E-state index in [1.165, 1.54) is 6.92 Å². The van der Waals surface area contributed by atoms with Gasteiger partial charge in [-0.1, -0.05) is 11.6 Å². The molecule has 9 heteroatoms. The Balaban J connectivity index is 1.56. The quantitative estimate of drug-likeness (QED) is 0.618. The molecule has 1 aliphatic heterocycles. The van der Waals surface area contributed by atoms with Gasteiger partial charge in [-0.2, -0.15) is 0 Å². The SMILES string of the molecule is CC(=O)NCCCn1cc(CN(C(=O)[C@H]2CNCCO2)C2CC2)c2c(Cl)ccnc21. The van der Waals surface area contributed by atoms with Gasteiger partial charge in [0, 0.05) is 69.0 Å². The Bertz CT molecular complexity index is 921. The highest BCUT2D eigenvalue weighted by Gasteiger charge is 2.37. The summed E-state index contributed by atoms with van der Waals surface area (Å²) in [6.45, 7) is 5.19. The third-order valence-electron chi connectivity index (χ3n) is 5.55. The highest BCUT2D eigenvalue weighted by Crippen LogP contribution is 2.33. The van der Waals surface area contributed by atoms with Crippen LogP contribution in [0.4, 0.5) is 0 Å². The molecule has 1 aliphatic carbocycles. The van der Waals surface area contributed by atoms with Crippen LogP contribution in [0.5, 0.6) is 0 Å². The van der Waals surface area contributed by atoms with Gasteiger partial charge in [0.2, 0.25) is 5.91 Å². The van der Waals surface area contributed by atoms with E-state index >= 15 is 0 Å². The molecule has 1 saturated carbocycles. The van der Waals surface area contributed by atoms with E-state index in [-0.39, 0.29) is 17.9 Å². The number of hydrogen-bond donors (Lipinski definition) is 2. The molecule has 30 heavy (non-hydrogen) atoms. The molecule has 2 aromatic heterocycles. The fraction of sp³-hybridized carbons (Fsp3) is 0.571. The number of pyridine rings is 1. The van der Waals surface area contributed by atoms with Crippen molar-refractivity contribution in [2.75, 3.05) is 26.2 Å². The zero-order chi connectivity index (χ0) is 21.1. The molecule has 1 atom stereocenters. The summed E-state index contributed by atoms with van der Waals surface area (Å²) in [5, 5.41) is 7.58. The second-order valence-electron chi connectivity index (χ2n) is 7.94. The third kappa shape index (κ3) is 4.77. The van der Waals surface area contributed by atoms with Crippen LogP contribution in [0.3, 0.4) is 0 Å². The maximum Gasteiger partial charge on any atom is 0.253 e. The van der Waals surface area contributed by atoms with Gasteiger partial charge in [0.05, 0.1) is 11.6 Å². The van der Waals surface area contributed by atoms with Crippen LogP contribution in [0.25, 0.3) is 11.0 Å². The Morgan fingerprint density at radius 1 is 1.43 bits per heavy atom. The zero-order valence-electron chi connectivity index (χ0n) is 17.2. The fourth-order valence-electron chi connectivity index (χ4n) is 3.93. The minimum Gasteiger partial charge on any atom is -0.366 e. The molecule has 162 valence electrons. The first-order valence-corrected chi connectivity index (χ1v) is 10.9. The van der Waals surface area contributed by atoms with Gasteiger partial charge < -0.3 is 24.8 Å². The number of aromatic nitrogens is 2. The summed E-state index contributed by atoms with van der Waals surface area (Å²) in [6.07, 6.45) is 6.13. The average Bonchev–Trinajstić information content (AvgIpc) is 3.52. The van der Waals surface area contributed by atoms with Gasteiger partial charge in [0.25, 0.3) is 5.91 Å². The van der Waals surface area contributed by atoms with Crippen LogP contribution in [-0.4, -0.2) is 64.7 Å². The lowest BCUT2D eigenvalue weighted by Crippen LogP contribution is -2.49. The average molecular weight is 434 g/mol. The molecule has 3 heterocycles. The van der Waals surface area contributed by atoms with Crippen molar-refractivity contribution in [3.63, 3.8) is 0 Å². The Hall–Kier alpha value is -2.16. The number of nitrogens with zero attached hydrogens (tertiary/aromatic N) is 3. The van der Waals surface area contributed by atoms with Crippen molar-refractivity contribution < 1.29 is 14.3 Å². The van der Waals surface area contributed by atoms with Crippen LogP contribution in [-0.2, 0) is 27.4 Å².